The highest BCUT2D eigenvalue weighted by atomic mass is 16.4. The number of aromatic hydroxyl groups is 1. The van der Waals surface area contributed by atoms with Crippen molar-refractivity contribution in [3.63, 3.8) is 0 Å². The number of rotatable bonds is 1. The lowest BCUT2D eigenvalue weighted by molar-refractivity contribution is 0.0446. The van der Waals surface area contributed by atoms with E-state index < -0.39 is 0 Å². The number of hydrogen-bond acceptors (Lipinski definition) is 3. The minimum atomic E-state index is 0.298. The van der Waals surface area contributed by atoms with Crippen LogP contribution in [0.15, 0.2) is 23.4 Å². The SMILES string of the molecule is C/C(=N/O)[C@H]1CC[C@H]2[C@@H]3CCc4cc(O)ccc4[C@H]3CC[C@]12C. The van der Waals surface area contributed by atoms with E-state index in [0.717, 1.165) is 24.0 Å². The molecule has 5 atom stereocenters. The third-order valence-electron chi connectivity index (χ3n) is 7.37. The van der Waals surface area contributed by atoms with Crippen LogP contribution >= 0.6 is 0 Å². The number of nitrogens with zero attached hydrogens (tertiary/aromatic N) is 1. The summed E-state index contributed by atoms with van der Waals surface area (Å²) >= 11 is 0. The second kappa shape index (κ2) is 5.25. The van der Waals surface area contributed by atoms with E-state index in [-0.39, 0.29) is 0 Å². The van der Waals surface area contributed by atoms with Crippen LogP contribution in [0.3, 0.4) is 0 Å². The van der Waals surface area contributed by atoms with E-state index in [4.69, 9.17) is 0 Å². The van der Waals surface area contributed by atoms with Gasteiger partial charge in [-0.3, -0.25) is 0 Å². The number of hydrogen-bond donors (Lipinski definition) is 2. The minimum absolute atomic E-state index is 0.298. The predicted octanol–water partition coefficient (Wildman–Crippen LogP) is 4.71. The summed E-state index contributed by atoms with van der Waals surface area (Å²) in [5.74, 6) is 2.99. The summed E-state index contributed by atoms with van der Waals surface area (Å²) < 4.78 is 0. The van der Waals surface area contributed by atoms with Gasteiger partial charge < -0.3 is 10.3 Å². The predicted molar refractivity (Wildman–Crippen MR) is 91.1 cm³/mol. The largest absolute Gasteiger partial charge is 0.508 e. The molecule has 3 nitrogen and oxygen atoms in total. The first-order chi connectivity index (χ1) is 11.0. The molecule has 0 saturated heterocycles. The lowest BCUT2D eigenvalue weighted by Crippen LogP contribution is -2.43. The third kappa shape index (κ3) is 2.12. The van der Waals surface area contributed by atoms with Crippen LogP contribution in [-0.2, 0) is 6.42 Å². The molecule has 4 rings (SSSR count). The van der Waals surface area contributed by atoms with Crippen molar-refractivity contribution in [2.75, 3.05) is 0 Å². The van der Waals surface area contributed by atoms with E-state index in [2.05, 4.69) is 18.1 Å². The van der Waals surface area contributed by atoms with E-state index in [0.29, 0.717) is 23.0 Å². The Balaban J connectivity index is 1.67. The number of benzene rings is 1. The molecule has 2 fully saturated rings. The summed E-state index contributed by atoms with van der Waals surface area (Å²) in [5, 5.41) is 22.6. The Morgan fingerprint density at radius 1 is 1.22 bits per heavy atom. The molecule has 23 heavy (non-hydrogen) atoms. The van der Waals surface area contributed by atoms with Gasteiger partial charge in [0, 0.05) is 5.92 Å². The lowest BCUT2D eigenvalue weighted by Gasteiger charge is -2.51. The van der Waals surface area contributed by atoms with Gasteiger partial charge in [0.1, 0.15) is 5.75 Å². The van der Waals surface area contributed by atoms with Gasteiger partial charge in [0.15, 0.2) is 0 Å². The van der Waals surface area contributed by atoms with Gasteiger partial charge in [-0.2, -0.15) is 0 Å². The first-order valence-corrected chi connectivity index (χ1v) is 9.05. The highest BCUT2D eigenvalue weighted by molar-refractivity contribution is 5.85. The molecule has 0 radical (unpaired) electrons. The highest BCUT2D eigenvalue weighted by Gasteiger charge is 2.55. The highest BCUT2D eigenvalue weighted by Crippen LogP contribution is 2.63. The Kier molecular flexibility index (Phi) is 3.44. The Bertz CT molecular complexity index is 653. The fourth-order valence-electron chi connectivity index (χ4n) is 6.32. The van der Waals surface area contributed by atoms with Crippen LogP contribution < -0.4 is 0 Å². The van der Waals surface area contributed by atoms with Gasteiger partial charge in [0.25, 0.3) is 0 Å². The molecule has 3 heteroatoms. The van der Waals surface area contributed by atoms with Crippen molar-refractivity contribution in [2.24, 2.45) is 28.3 Å². The zero-order valence-corrected chi connectivity index (χ0v) is 14.1. The van der Waals surface area contributed by atoms with Crippen LogP contribution in [0.5, 0.6) is 5.75 Å². The Morgan fingerprint density at radius 3 is 2.83 bits per heavy atom. The molecule has 3 aliphatic rings. The molecule has 2 N–H and O–H groups in total. The molecular formula is C20H27NO2. The third-order valence-corrected chi connectivity index (χ3v) is 7.37. The van der Waals surface area contributed by atoms with Crippen molar-refractivity contribution in [3.8, 4) is 5.75 Å². The number of phenols is 1. The molecule has 0 amide bonds. The molecule has 0 bridgehead atoms. The zero-order chi connectivity index (χ0) is 16.2. The maximum Gasteiger partial charge on any atom is 0.115 e. The van der Waals surface area contributed by atoms with E-state index in [9.17, 15) is 10.3 Å². The van der Waals surface area contributed by atoms with Gasteiger partial charge in [0.2, 0.25) is 0 Å². The molecule has 3 aliphatic carbocycles. The Hall–Kier alpha value is -1.51. The van der Waals surface area contributed by atoms with Crippen molar-refractivity contribution in [2.45, 2.75) is 58.3 Å². The van der Waals surface area contributed by atoms with Gasteiger partial charge in [-0.05, 0) is 91.9 Å². The summed E-state index contributed by atoms with van der Waals surface area (Å²) in [4.78, 5) is 0. The molecule has 0 unspecified atom stereocenters. The second-order valence-corrected chi connectivity index (χ2v) is 8.21. The van der Waals surface area contributed by atoms with Crippen molar-refractivity contribution in [1.29, 1.82) is 0 Å². The Morgan fingerprint density at radius 2 is 2.04 bits per heavy atom. The first-order valence-electron chi connectivity index (χ1n) is 9.05. The van der Waals surface area contributed by atoms with E-state index in [1.807, 2.05) is 19.1 Å². The van der Waals surface area contributed by atoms with Crippen LogP contribution in [0.1, 0.15) is 63.0 Å². The summed E-state index contributed by atoms with van der Waals surface area (Å²) in [5.41, 5.74) is 4.07. The van der Waals surface area contributed by atoms with Crippen LogP contribution in [-0.4, -0.2) is 16.0 Å². The standard InChI is InChI=1S/C20H27NO2/c1-12(21-23)18-7-8-19-17-5-3-13-11-14(22)4-6-15(13)16(17)9-10-20(18,19)2/h4,6,11,16-19,22-23H,3,5,7-10H2,1-2H3/b21-12-/t16-,17-,18-,19+,20-/m1/s1. The molecule has 1 aromatic rings. The molecule has 1 aromatic carbocycles. The fraction of sp³-hybridized carbons (Fsp3) is 0.650. The van der Waals surface area contributed by atoms with Gasteiger partial charge in [0.05, 0.1) is 5.71 Å². The quantitative estimate of drug-likeness (QED) is 0.448. The molecule has 2 saturated carbocycles. The summed E-state index contributed by atoms with van der Waals surface area (Å²) in [6.45, 7) is 4.43. The van der Waals surface area contributed by atoms with Crippen LogP contribution in [0.2, 0.25) is 0 Å². The van der Waals surface area contributed by atoms with E-state index >= 15 is 0 Å². The molecule has 0 aliphatic heterocycles. The van der Waals surface area contributed by atoms with Crippen molar-refractivity contribution in [1.82, 2.24) is 0 Å². The normalized spacial score (nSPS) is 39.5. The molecule has 124 valence electrons. The van der Waals surface area contributed by atoms with Gasteiger partial charge in [-0.1, -0.05) is 18.1 Å². The zero-order valence-electron chi connectivity index (χ0n) is 14.1. The summed E-state index contributed by atoms with van der Waals surface area (Å²) in [6.07, 6.45) is 7.21. The molecule has 0 heterocycles. The number of oxime groups is 1. The minimum Gasteiger partial charge on any atom is -0.508 e. The number of fused-ring (bicyclic) bond motifs is 5. The molecule has 0 aromatic heterocycles. The second-order valence-electron chi connectivity index (χ2n) is 8.21. The smallest absolute Gasteiger partial charge is 0.115 e. The van der Waals surface area contributed by atoms with Crippen LogP contribution in [0.25, 0.3) is 0 Å². The number of aryl methyl sites for hydroxylation is 1. The maximum absolute atomic E-state index is 9.76. The average Bonchev–Trinajstić information content (AvgIpc) is 2.90. The van der Waals surface area contributed by atoms with Crippen molar-refractivity contribution < 1.29 is 10.3 Å². The van der Waals surface area contributed by atoms with Crippen molar-refractivity contribution in [3.05, 3.63) is 29.3 Å². The van der Waals surface area contributed by atoms with E-state index in [1.165, 1.54) is 43.2 Å². The van der Waals surface area contributed by atoms with Gasteiger partial charge in [-0.15, -0.1) is 0 Å². The number of phenolic OH excluding ortho intramolecular Hbond substituents is 1. The van der Waals surface area contributed by atoms with Crippen LogP contribution in [0, 0.1) is 23.2 Å². The fourth-order valence-corrected chi connectivity index (χ4v) is 6.32. The first kappa shape index (κ1) is 15.0. The lowest BCUT2D eigenvalue weighted by atomic mass is 9.54. The molecule has 0 spiro atoms. The molecular weight excluding hydrogens is 286 g/mol. The monoisotopic (exact) mass is 313 g/mol. The summed E-state index contributed by atoms with van der Waals surface area (Å²) in [6, 6.07) is 5.99. The van der Waals surface area contributed by atoms with Crippen molar-refractivity contribution >= 4 is 5.71 Å². The Labute approximate surface area is 138 Å². The topological polar surface area (TPSA) is 52.8 Å². The maximum atomic E-state index is 9.76. The van der Waals surface area contributed by atoms with Gasteiger partial charge in [-0.25, -0.2) is 0 Å². The average molecular weight is 313 g/mol. The van der Waals surface area contributed by atoms with Crippen LogP contribution in [0.4, 0.5) is 0 Å². The van der Waals surface area contributed by atoms with E-state index in [1.54, 1.807) is 0 Å². The summed E-state index contributed by atoms with van der Waals surface area (Å²) in [7, 11) is 0. The van der Waals surface area contributed by atoms with Gasteiger partial charge >= 0.3 is 0 Å².